The molecule has 0 radical (unpaired) electrons. The standard InChI is InChI=1S/C11H7N3O5/c15-11(16)9-5-13-10(6-12-9)19-8-3-1-2-7(4-8)14(17)18/h1-6H,(H,15,16). The Kier molecular flexibility index (Phi) is 3.33. The van der Waals surface area contributed by atoms with E-state index in [9.17, 15) is 14.9 Å². The fourth-order valence-corrected chi connectivity index (χ4v) is 1.26. The Bertz CT molecular complexity index is 626. The number of nitro groups is 1. The fourth-order valence-electron chi connectivity index (χ4n) is 1.26. The predicted octanol–water partition coefficient (Wildman–Crippen LogP) is 1.88. The van der Waals surface area contributed by atoms with Gasteiger partial charge in [0.2, 0.25) is 5.88 Å². The molecule has 96 valence electrons. The molecule has 1 aromatic heterocycles. The number of hydrogen-bond acceptors (Lipinski definition) is 6. The highest BCUT2D eigenvalue weighted by molar-refractivity contribution is 5.84. The zero-order valence-electron chi connectivity index (χ0n) is 9.39. The second-order valence-corrected chi connectivity index (χ2v) is 3.40. The first-order valence-corrected chi connectivity index (χ1v) is 5.04. The van der Waals surface area contributed by atoms with Crippen LogP contribution in [0.5, 0.6) is 11.6 Å². The van der Waals surface area contributed by atoms with Crippen molar-refractivity contribution in [3.63, 3.8) is 0 Å². The van der Waals surface area contributed by atoms with Gasteiger partial charge in [0.25, 0.3) is 5.69 Å². The fraction of sp³-hybridized carbons (Fsp3) is 0. The number of hydrogen-bond donors (Lipinski definition) is 1. The Morgan fingerprint density at radius 2 is 2.11 bits per heavy atom. The van der Waals surface area contributed by atoms with Gasteiger partial charge in [0.05, 0.1) is 23.4 Å². The van der Waals surface area contributed by atoms with Gasteiger partial charge in [-0.25, -0.2) is 14.8 Å². The molecule has 19 heavy (non-hydrogen) atoms. The zero-order valence-corrected chi connectivity index (χ0v) is 9.39. The molecular formula is C11H7N3O5. The first-order valence-electron chi connectivity index (χ1n) is 5.04. The van der Waals surface area contributed by atoms with Gasteiger partial charge < -0.3 is 9.84 Å². The number of non-ortho nitro benzene ring substituents is 1. The molecule has 0 aliphatic rings. The minimum absolute atomic E-state index is 0.0468. The van der Waals surface area contributed by atoms with Gasteiger partial charge in [-0.3, -0.25) is 10.1 Å². The lowest BCUT2D eigenvalue weighted by molar-refractivity contribution is -0.384. The van der Waals surface area contributed by atoms with E-state index in [0.29, 0.717) is 0 Å². The molecule has 0 saturated heterocycles. The van der Waals surface area contributed by atoms with Gasteiger partial charge in [-0.15, -0.1) is 0 Å². The van der Waals surface area contributed by atoms with Crippen molar-refractivity contribution < 1.29 is 19.6 Å². The van der Waals surface area contributed by atoms with E-state index in [2.05, 4.69) is 9.97 Å². The van der Waals surface area contributed by atoms with Gasteiger partial charge in [-0.05, 0) is 6.07 Å². The van der Waals surface area contributed by atoms with Crippen LogP contribution in [0, 0.1) is 10.1 Å². The maximum Gasteiger partial charge on any atom is 0.356 e. The quantitative estimate of drug-likeness (QED) is 0.659. The van der Waals surface area contributed by atoms with E-state index in [1.807, 2.05) is 0 Å². The number of ether oxygens (including phenoxy) is 1. The van der Waals surface area contributed by atoms with Crippen LogP contribution in [0.2, 0.25) is 0 Å². The number of aromatic carboxylic acids is 1. The van der Waals surface area contributed by atoms with Crippen molar-refractivity contribution in [2.45, 2.75) is 0 Å². The van der Waals surface area contributed by atoms with Crippen molar-refractivity contribution >= 4 is 11.7 Å². The van der Waals surface area contributed by atoms with Crippen LogP contribution in [0.1, 0.15) is 10.5 Å². The van der Waals surface area contributed by atoms with Crippen molar-refractivity contribution in [3.05, 3.63) is 52.5 Å². The van der Waals surface area contributed by atoms with Gasteiger partial charge in [0.15, 0.2) is 5.69 Å². The van der Waals surface area contributed by atoms with E-state index in [1.54, 1.807) is 0 Å². The maximum absolute atomic E-state index is 10.6. The van der Waals surface area contributed by atoms with E-state index >= 15 is 0 Å². The molecule has 1 heterocycles. The van der Waals surface area contributed by atoms with Crippen LogP contribution in [-0.4, -0.2) is 26.0 Å². The first-order chi connectivity index (χ1) is 9.06. The monoisotopic (exact) mass is 261 g/mol. The normalized spacial score (nSPS) is 9.89. The van der Waals surface area contributed by atoms with Crippen LogP contribution in [-0.2, 0) is 0 Å². The Hall–Kier alpha value is -3.03. The summed E-state index contributed by atoms with van der Waals surface area (Å²) in [6.45, 7) is 0. The number of carboxylic acids is 1. The SMILES string of the molecule is O=C(O)c1cnc(Oc2cccc([N+](=O)[O-])c2)cn1. The largest absolute Gasteiger partial charge is 0.476 e. The summed E-state index contributed by atoms with van der Waals surface area (Å²) in [5.41, 5.74) is -0.334. The van der Waals surface area contributed by atoms with Crippen molar-refractivity contribution in [3.8, 4) is 11.6 Å². The van der Waals surface area contributed by atoms with E-state index in [4.69, 9.17) is 9.84 Å². The lowest BCUT2D eigenvalue weighted by Gasteiger charge is -2.03. The molecule has 2 aromatic rings. The summed E-state index contributed by atoms with van der Waals surface area (Å²) in [7, 11) is 0. The number of benzene rings is 1. The van der Waals surface area contributed by atoms with Crippen molar-refractivity contribution in [1.82, 2.24) is 9.97 Å². The molecular weight excluding hydrogens is 254 g/mol. The summed E-state index contributed by atoms with van der Waals surface area (Å²) in [5, 5.41) is 19.2. The Labute approximate surface area is 106 Å². The van der Waals surface area contributed by atoms with Gasteiger partial charge in [-0.2, -0.15) is 0 Å². The highest BCUT2D eigenvalue weighted by Crippen LogP contribution is 2.23. The van der Waals surface area contributed by atoms with Crippen LogP contribution in [0.25, 0.3) is 0 Å². The van der Waals surface area contributed by atoms with E-state index in [0.717, 1.165) is 12.4 Å². The third kappa shape index (κ3) is 3.00. The van der Waals surface area contributed by atoms with Crippen molar-refractivity contribution in [2.24, 2.45) is 0 Å². The smallest absolute Gasteiger partial charge is 0.356 e. The molecule has 2 rings (SSSR count). The molecule has 0 atom stereocenters. The van der Waals surface area contributed by atoms with Gasteiger partial charge in [-0.1, -0.05) is 6.07 Å². The molecule has 8 heteroatoms. The van der Waals surface area contributed by atoms with Gasteiger partial charge in [0, 0.05) is 6.07 Å². The number of aromatic nitrogens is 2. The molecule has 0 amide bonds. The minimum Gasteiger partial charge on any atom is -0.476 e. The molecule has 0 unspecified atom stereocenters. The Morgan fingerprint density at radius 1 is 1.32 bits per heavy atom. The number of rotatable bonds is 4. The van der Waals surface area contributed by atoms with E-state index < -0.39 is 10.9 Å². The van der Waals surface area contributed by atoms with E-state index in [-0.39, 0.29) is 23.0 Å². The maximum atomic E-state index is 10.6. The molecule has 0 bridgehead atoms. The summed E-state index contributed by atoms with van der Waals surface area (Å²) in [4.78, 5) is 27.9. The molecule has 1 aromatic carbocycles. The van der Waals surface area contributed by atoms with Gasteiger partial charge >= 0.3 is 5.97 Å². The molecule has 0 aliphatic carbocycles. The van der Waals surface area contributed by atoms with Crippen LogP contribution < -0.4 is 4.74 Å². The number of carbonyl (C=O) groups is 1. The summed E-state index contributed by atoms with van der Waals surface area (Å²) in [5.74, 6) is -0.938. The van der Waals surface area contributed by atoms with Crippen LogP contribution in [0.4, 0.5) is 5.69 Å². The summed E-state index contributed by atoms with van der Waals surface area (Å²) in [6.07, 6.45) is 2.16. The van der Waals surface area contributed by atoms with E-state index in [1.165, 1.54) is 24.3 Å². The Balaban J connectivity index is 2.19. The average Bonchev–Trinajstić information content (AvgIpc) is 2.39. The second kappa shape index (κ2) is 5.08. The highest BCUT2D eigenvalue weighted by Gasteiger charge is 2.09. The molecule has 0 saturated carbocycles. The number of nitrogens with zero attached hydrogens (tertiary/aromatic N) is 3. The highest BCUT2D eigenvalue weighted by atomic mass is 16.6. The summed E-state index contributed by atoms with van der Waals surface area (Å²) >= 11 is 0. The van der Waals surface area contributed by atoms with Crippen molar-refractivity contribution in [1.29, 1.82) is 0 Å². The lowest BCUT2D eigenvalue weighted by Crippen LogP contribution is -2.01. The topological polar surface area (TPSA) is 115 Å². The molecule has 0 aliphatic heterocycles. The first kappa shape index (κ1) is 12.4. The number of carboxylic acid groups (broad SMARTS) is 1. The van der Waals surface area contributed by atoms with Crippen LogP contribution in [0.3, 0.4) is 0 Å². The van der Waals surface area contributed by atoms with Gasteiger partial charge in [0.1, 0.15) is 5.75 Å². The van der Waals surface area contributed by atoms with Crippen LogP contribution >= 0.6 is 0 Å². The predicted molar refractivity (Wildman–Crippen MR) is 62.2 cm³/mol. The third-order valence-corrected chi connectivity index (χ3v) is 2.10. The summed E-state index contributed by atoms with van der Waals surface area (Å²) < 4.78 is 5.23. The Morgan fingerprint density at radius 3 is 2.68 bits per heavy atom. The van der Waals surface area contributed by atoms with Crippen molar-refractivity contribution in [2.75, 3.05) is 0 Å². The molecule has 0 spiro atoms. The number of nitro benzene ring substituents is 1. The summed E-state index contributed by atoms with van der Waals surface area (Å²) in [6, 6.07) is 5.53. The minimum atomic E-state index is -1.20. The second-order valence-electron chi connectivity index (χ2n) is 3.40. The molecule has 1 N–H and O–H groups in total. The molecule has 8 nitrogen and oxygen atoms in total. The average molecular weight is 261 g/mol. The lowest BCUT2D eigenvalue weighted by atomic mass is 10.3. The third-order valence-electron chi connectivity index (χ3n) is 2.10. The molecule has 0 fully saturated rings. The van der Waals surface area contributed by atoms with Crippen LogP contribution in [0.15, 0.2) is 36.7 Å². The zero-order chi connectivity index (χ0) is 13.8.